The summed E-state index contributed by atoms with van der Waals surface area (Å²) >= 11 is 0. The van der Waals surface area contributed by atoms with E-state index in [-0.39, 0.29) is 10.6 Å². The molecule has 1 rings (SSSR count). The van der Waals surface area contributed by atoms with Crippen molar-refractivity contribution in [2.75, 3.05) is 7.11 Å². The van der Waals surface area contributed by atoms with Crippen molar-refractivity contribution in [2.45, 2.75) is 13.5 Å². The first-order chi connectivity index (χ1) is 6.15. The zero-order chi connectivity index (χ0) is 9.84. The smallest absolute Gasteiger partial charge is 0.272 e. The maximum atomic E-state index is 10.5. The highest BCUT2D eigenvalue weighted by Crippen LogP contribution is 2.18. The predicted octanol–water partition coefficient (Wildman–Crippen LogP) is 2.05. The molecule has 1 aromatic rings. The Hall–Kier alpha value is -1.42. The lowest BCUT2D eigenvalue weighted by Gasteiger charge is -2.01. The van der Waals surface area contributed by atoms with E-state index in [1.807, 2.05) is 0 Å². The summed E-state index contributed by atoms with van der Waals surface area (Å²) in [4.78, 5) is 10.1. The maximum Gasteiger partial charge on any atom is 0.272 e. The van der Waals surface area contributed by atoms with Crippen molar-refractivity contribution >= 4 is 5.69 Å². The molecule has 0 saturated heterocycles. The fourth-order valence-electron chi connectivity index (χ4n) is 1.18. The van der Waals surface area contributed by atoms with Gasteiger partial charge in [0.15, 0.2) is 0 Å². The van der Waals surface area contributed by atoms with Gasteiger partial charge in [-0.15, -0.1) is 0 Å². The second-order valence-electron chi connectivity index (χ2n) is 2.81. The summed E-state index contributed by atoms with van der Waals surface area (Å²) in [5.41, 5.74) is 1.77. The molecular weight excluding hydrogens is 170 g/mol. The van der Waals surface area contributed by atoms with Gasteiger partial charge in [-0.1, -0.05) is 0 Å². The molecule has 0 fully saturated rings. The van der Waals surface area contributed by atoms with E-state index in [9.17, 15) is 10.1 Å². The van der Waals surface area contributed by atoms with E-state index in [1.165, 1.54) is 6.07 Å². The fraction of sp³-hybridized carbons (Fsp3) is 0.333. The molecule has 4 nitrogen and oxygen atoms in total. The number of nitro benzene ring substituents is 1. The summed E-state index contributed by atoms with van der Waals surface area (Å²) in [5.74, 6) is 0. The molecule has 0 bridgehead atoms. The van der Waals surface area contributed by atoms with Gasteiger partial charge < -0.3 is 4.74 Å². The first-order valence-electron chi connectivity index (χ1n) is 3.88. The molecule has 0 aliphatic carbocycles. The highest BCUT2D eigenvalue weighted by molar-refractivity contribution is 5.41. The van der Waals surface area contributed by atoms with Crippen molar-refractivity contribution < 1.29 is 9.66 Å². The Kier molecular flexibility index (Phi) is 2.97. The highest BCUT2D eigenvalue weighted by atomic mass is 16.6. The van der Waals surface area contributed by atoms with E-state index in [4.69, 9.17) is 4.74 Å². The monoisotopic (exact) mass is 181 g/mol. The molecule has 0 aromatic heterocycles. The van der Waals surface area contributed by atoms with Crippen molar-refractivity contribution in [2.24, 2.45) is 0 Å². The molecule has 0 radical (unpaired) electrons. The van der Waals surface area contributed by atoms with Crippen LogP contribution in [0.15, 0.2) is 18.2 Å². The number of nitrogens with zero attached hydrogens (tertiary/aromatic N) is 1. The first kappa shape index (κ1) is 9.67. The number of methoxy groups -OCH3 is 1. The Morgan fingerprint density at radius 2 is 2.23 bits per heavy atom. The van der Waals surface area contributed by atoms with E-state index >= 15 is 0 Å². The van der Waals surface area contributed by atoms with E-state index < -0.39 is 0 Å². The molecule has 0 heterocycles. The zero-order valence-electron chi connectivity index (χ0n) is 7.61. The molecule has 13 heavy (non-hydrogen) atoms. The number of benzene rings is 1. The number of aryl methyl sites for hydroxylation is 1. The lowest BCUT2D eigenvalue weighted by atomic mass is 10.1. The van der Waals surface area contributed by atoms with E-state index in [1.54, 1.807) is 26.2 Å². The lowest BCUT2D eigenvalue weighted by molar-refractivity contribution is -0.385. The van der Waals surface area contributed by atoms with Gasteiger partial charge in [-0.05, 0) is 24.6 Å². The Morgan fingerprint density at radius 3 is 2.69 bits per heavy atom. The molecular formula is C9H11NO3. The van der Waals surface area contributed by atoms with Crippen LogP contribution in [0.4, 0.5) is 5.69 Å². The minimum atomic E-state index is -0.383. The van der Waals surface area contributed by atoms with Gasteiger partial charge in [-0.3, -0.25) is 10.1 Å². The predicted molar refractivity (Wildman–Crippen MR) is 48.5 cm³/mol. The molecule has 0 saturated carbocycles. The molecule has 4 heteroatoms. The second-order valence-corrected chi connectivity index (χ2v) is 2.81. The third kappa shape index (κ3) is 2.26. The number of ether oxygens (including phenoxy) is 1. The van der Waals surface area contributed by atoms with E-state index in [2.05, 4.69) is 0 Å². The van der Waals surface area contributed by atoms with Crippen LogP contribution in [0, 0.1) is 17.0 Å². The van der Waals surface area contributed by atoms with Gasteiger partial charge in [0.25, 0.3) is 5.69 Å². The van der Waals surface area contributed by atoms with Crippen LogP contribution in [0.1, 0.15) is 11.1 Å². The number of hydrogen-bond acceptors (Lipinski definition) is 3. The quantitative estimate of drug-likeness (QED) is 0.529. The van der Waals surface area contributed by atoms with Crippen LogP contribution in [0.5, 0.6) is 0 Å². The van der Waals surface area contributed by atoms with Crippen molar-refractivity contribution in [1.82, 2.24) is 0 Å². The van der Waals surface area contributed by atoms with Gasteiger partial charge >= 0.3 is 0 Å². The number of rotatable bonds is 3. The van der Waals surface area contributed by atoms with Crippen LogP contribution in [-0.4, -0.2) is 12.0 Å². The number of nitro groups is 1. The Balaban J connectivity index is 2.98. The van der Waals surface area contributed by atoms with Crippen LogP contribution in [0.25, 0.3) is 0 Å². The minimum absolute atomic E-state index is 0.153. The van der Waals surface area contributed by atoms with Gasteiger partial charge in [0, 0.05) is 18.7 Å². The summed E-state index contributed by atoms with van der Waals surface area (Å²) in [6, 6.07) is 4.97. The molecule has 0 unspecified atom stereocenters. The molecule has 70 valence electrons. The summed E-state index contributed by atoms with van der Waals surface area (Å²) in [6.45, 7) is 2.20. The summed E-state index contributed by atoms with van der Waals surface area (Å²) in [5, 5.41) is 10.5. The third-order valence-corrected chi connectivity index (χ3v) is 1.77. The van der Waals surface area contributed by atoms with Crippen LogP contribution >= 0.6 is 0 Å². The zero-order valence-corrected chi connectivity index (χ0v) is 7.61. The maximum absolute atomic E-state index is 10.5. The molecule has 0 N–H and O–H groups in total. The number of hydrogen-bond donors (Lipinski definition) is 0. The average Bonchev–Trinajstić information content (AvgIpc) is 2.04. The average molecular weight is 181 g/mol. The standard InChI is InChI=1S/C9H11NO3/c1-7-5-8(6-13-2)3-4-9(7)10(11)12/h3-5H,6H2,1-2H3. The van der Waals surface area contributed by atoms with Crippen LogP contribution in [0.2, 0.25) is 0 Å². The van der Waals surface area contributed by atoms with Crippen LogP contribution < -0.4 is 0 Å². The molecule has 0 atom stereocenters. The summed E-state index contributed by atoms with van der Waals surface area (Å²) in [6.07, 6.45) is 0. The Morgan fingerprint density at radius 1 is 1.54 bits per heavy atom. The Labute approximate surface area is 76.3 Å². The second kappa shape index (κ2) is 4.00. The Bertz CT molecular complexity index is 323. The van der Waals surface area contributed by atoms with Gasteiger partial charge in [-0.2, -0.15) is 0 Å². The largest absolute Gasteiger partial charge is 0.380 e. The lowest BCUT2D eigenvalue weighted by Crippen LogP contribution is -1.94. The molecule has 0 amide bonds. The van der Waals surface area contributed by atoms with Gasteiger partial charge in [0.1, 0.15) is 0 Å². The van der Waals surface area contributed by atoms with Crippen molar-refractivity contribution in [1.29, 1.82) is 0 Å². The molecule has 0 aliphatic rings. The van der Waals surface area contributed by atoms with Gasteiger partial charge in [-0.25, -0.2) is 0 Å². The van der Waals surface area contributed by atoms with Gasteiger partial charge in [0.05, 0.1) is 11.5 Å². The van der Waals surface area contributed by atoms with Crippen molar-refractivity contribution in [3.8, 4) is 0 Å². The first-order valence-corrected chi connectivity index (χ1v) is 3.88. The normalized spacial score (nSPS) is 10.0. The summed E-state index contributed by atoms with van der Waals surface area (Å²) in [7, 11) is 1.59. The van der Waals surface area contributed by atoms with E-state index in [0.29, 0.717) is 12.2 Å². The minimum Gasteiger partial charge on any atom is -0.380 e. The highest BCUT2D eigenvalue weighted by Gasteiger charge is 2.09. The topological polar surface area (TPSA) is 52.4 Å². The van der Waals surface area contributed by atoms with Gasteiger partial charge in [0.2, 0.25) is 0 Å². The van der Waals surface area contributed by atoms with Crippen molar-refractivity contribution in [3.63, 3.8) is 0 Å². The van der Waals surface area contributed by atoms with Crippen LogP contribution in [-0.2, 0) is 11.3 Å². The van der Waals surface area contributed by atoms with Crippen molar-refractivity contribution in [3.05, 3.63) is 39.4 Å². The molecule has 0 aliphatic heterocycles. The molecule has 0 spiro atoms. The van der Waals surface area contributed by atoms with Crippen LogP contribution in [0.3, 0.4) is 0 Å². The fourth-order valence-corrected chi connectivity index (χ4v) is 1.18. The molecule has 1 aromatic carbocycles. The summed E-state index contributed by atoms with van der Waals surface area (Å²) < 4.78 is 4.91. The SMILES string of the molecule is COCc1ccc([N+](=O)[O-])c(C)c1. The third-order valence-electron chi connectivity index (χ3n) is 1.77. The van der Waals surface area contributed by atoms with E-state index in [0.717, 1.165) is 5.56 Å².